The van der Waals surface area contributed by atoms with E-state index in [-0.39, 0.29) is 28.8 Å². The van der Waals surface area contributed by atoms with Gasteiger partial charge in [-0.3, -0.25) is 4.79 Å². The van der Waals surface area contributed by atoms with E-state index in [9.17, 15) is 13.2 Å². The molecule has 1 aromatic heterocycles. The van der Waals surface area contributed by atoms with Gasteiger partial charge in [0.25, 0.3) is 0 Å². The number of nitrogens with zero attached hydrogens (tertiary/aromatic N) is 2. The van der Waals surface area contributed by atoms with Crippen molar-refractivity contribution in [3.05, 3.63) is 41.3 Å². The van der Waals surface area contributed by atoms with Crippen LogP contribution in [-0.4, -0.2) is 51.0 Å². The summed E-state index contributed by atoms with van der Waals surface area (Å²) in [7, 11) is -0.895. The number of amides is 1. The summed E-state index contributed by atoms with van der Waals surface area (Å²) in [6.07, 6.45) is 0.614. The molecule has 1 heterocycles. The van der Waals surface area contributed by atoms with Crippen molar-refractivity contribution in [1.29, 1.82) is 0 Å². The second-order valence-corrected chi connectivity index (χ2v) is 7.85. The van der Waals surface area contributed by atoms with Crippen molar-refractivity contribution >= 4 is 15.9 Å². The third kappa shape index (κ3) is 4.61. The molecular formula is C17H23N3O5S. The molecule has 0 aliphatic carbocycles. The Kier molecular flexibility index (Phi) is 6.38. The first-order valence-corrected chi connectivity index (χ1v) is 9.48. The average molecular weight is 381 g/mol. The van der Waals surface area contributed by atoms with E-state index in [2.05, 4.69) is 10.5 Å². The van der Waals surface area contributed by atoms with Crippen molar-refractivity contribution in [2.75, 3.05) is 27.2 Å². The maximum atomic E-state index is 12.6. The van der Waals surface area contributed by atoms with E-state index in [1.807, 2.05) is 24.3 Å². The number of hydrogen-bond donors (Lipinski definition) is 1. The Bertz CT molecular complexity index is 857. The highest BCUT2D eigenvalue weighted by Gasteiger charge is 2.29. The summed E-state index contributed by atoms with van der Waals surface area (Å²) in [6.45, 7) is 3.18. The molecule has 26 heavy (non-hydrogen) atoms. The standard InChI is InChI=1S/C17H23N3O5S/c1-12-17(13(2)25-19-12)26(22,23)20(3)11-16(21)18-9-8-14-6-5-7-15(10-14)24-4/h5-7,10H,8-9,11H2,1-4H3,(H,18,21). The molecule has 0 bridgehead atoms. The number of benzene rings is 1. The summed E-state index contributed by atoms with van der Waals surface area (Å²) in [5, 5.41) is 6.37. The minimum absolute atomic E-state index is 0.00387. The van der Waals surface area contributed by atoms with E-state index < -0.39 is 10.0 Å². The van der Waals surface area contributed by atoms with Gasteiger partial charge in [-0.25, -0.2) is 8.42 Å². The van der Waals surface area contributed by atoms with Crippen LogP contribution in [0.15, 0.2) is 33.7 Å². The van der Waals surface area contributed by atoms with Gasteiger partial charge < -0.3 is 14.6 Å². The molecule has 1 aromatic carbocycles. The van der Waals surface area contributed by atoms with Crippen molar-refractivity contribution < 1.29 is 22.5 Å². The number of aryl methyl sites for hydroxylation is 2. The van der Waals surface area contributed by atoms with Gasteiger partial charge in [-0.2, -0.15) is 4.31 Å². The van der Waals surface area contributed by atoms with Crippen LogP contribution in [0, 0.1) is 13.8 Å². The molecule has 1 N–H and O–H groups in total. The topological polar surface area (TPSA) is 102 Å². The van der Waals surface area contributed by atoms with Gasteiger partial charge in [-0.1, -0.05) is 17.3 Å². The van der Waals surface area contributed by atoms with Crippen LogP contribution < -0.4 is 10.1 Å². The van der Waals surface area contributed by atoms with E-state index in [1.54, 1.807) is 14.0 Å². The molecule has 0 fully saturated rings. The summed E-state index contributed by atoms with van der Waals surface area (Å²) >= 11 is 0. The number of hydrogen-bond acceptors (Lipinski definition) is 6. The zero-order valence-corrected chi connectivity index (χ0v) is 16.1. The van der Waals surface area contributed by atoms with Gasteiger partial charge in [-0.15, -0.1) is 0 Å². The van der Waals surface area contributed by atoms with Crippen LogP contribution in [0.2, 0.25) is 0 Å². The highest BCUT2D eigenvalue weighted by atomic mass is 32.2. The Morgan fingerprint density at radius 3 is 2.69 bits per heavy atom. The van der Waals surface area contributed by atoms with E-state index >= 15 is 0 Å². The molecule has 9 heteroatoms. The summed E-state index contributed by atoms with van der Waals surface area (Å²) in [4.78, 5) is 12.1. The lowest BCUT2D eigenvalue weighted by molar-refractivity contribution is -0.121. The second-order valence-electron chi connectivity index (χ2n) is 5.87. The van der Waals surface area contributed by atoms with Crippen molar-refractivity contribution in [2.45, 2.75) is 25.2 Å². The fourth-order valence-corrected chi connectivity index (χ4v) is 3.93. The van der Waals surface area contributed by atoms with Crippen molar-refractivity contribution in [2.24, 2.45) is 0 Å². The van der Waals surface area contributed by atoms with Gasteiger partial charge in [0.2, 0.25) is 15.9 Å². The predicted octanol–water partition coefficient (Wildman–Crippen LogP) is 1.28. The number of aromatic nitrogens is 1. The molecular weight excluding hydrogens is 358 g/mol. The fourth-order valence-electron chi connectivity index (χ4n) is 2.52. The number of ether oxygens (including phenoxy) is 1. The van der Waals surface area contributed by atoms with Crippen LogP contribution in [-0.2, 0) is 21.2 Å². The van der Waals surface area contributed by atoms with Crippen LogP contribution in [0.5, 0.6) is 5.75 Å². The number of nitrogens with one attached hydrogen (secondary N) is 1. The minimum Gasteiger partial charge on any atom is -0.497 e. The first kappa shape index (κ1) is 19.9. The van der Waals surface area contributed by atoms with Crippen molar-refractivity contribution in [1.82, 2.24) is 14.8 Å². The number of likely N-dealkylation sites (N-methyl/N-ethyl adjacent to an activating group) is 1. The molecule has 2 rings (SSSR count). The average Bonchev–Trinajstić information content (AvgIpc) is 2.94. The van der Waals surface area contributed by atoms with Crippen LogP contribution >= 0.6 is 0 Å². The fraction of sp³-hybridized carbons (Fsp3) is 0.412. The highest BCUT2D eigenvalue weighted by molar-refractivity contribution is 7.89. The molecule has 0 aliphatic rings. The lowest BCUT2D eigenvalue weighted by Crippen LogP contribution is -2.39. The molecule has 2 aromatic rings. The number of carbonyl (C=O) groups is 1. The molecule has 0 aliphatic heterocycles. The zero-order valence-electron chi connectivity index (χ0n) is 15.3. The summed E-state index contributed by atoms with van der Waals surface area (Å²) in [6, 6.07) is 7.54. The lowest BCUT2D eigenvalue weighted by Gasteiger charge is -2.16. The highest BCUT2D eigenvalue weighted by Crippen LogP contribution is 2.22. The van der Waals surface area contributed by atoms with E-state index in [0.717, 1.165) is 15.6 Å². The molecule has 1 amide bonds. The molecule has 8 nitrogen and oxygen atoms in total. The molecule has 0 radical (unpaired) electrons. The Labute approximate surface area is 153 Å². The smallest absolute Gasteiger partial charge is 0.248 e. The van der Waals surface area contributed by atoms with Crippen LogP contribution in [0.25, 0.3) is 0 Å². The molecule has 0 atom stereocenters. The van der Waals surface area contributed by atoms with Crippen molar-refractivity contribution in [3.8, 4) is 5.75 Å². The van der Waals surface area contributed by atoms with Gasteiger partial charge >= 0.3 is 0 Å². The van der Waals surface area contributed by atoms with Gasteiger partial charge in [0, 0.05) is 13.6 Å². The molecule has 0 unspecified atom stereocenters. The monoisotopic (exact) mass is 381 g/mol. The minimum atomic E-state index is -3.84. The Morgan fingerprint density at radius 1 is 1.35 bits per heavy atom. The lowest BCUT2D eigenvalue weighted by atomic mass is 10.1. The van der Waals surface area contributed by atoms with Crippen molar-refractivity contribution in [3.63, 3.8) is 0 Å². The van der Waals surface area contributed by atoms with E-state index in [0.29, 0.717) is 13.0 Å². The summed E-state index contributed by atoms with van der Waals surface area (Å²) in [5.41, 5.74) is 1.29. The Hall–Kier alpha value is -2.39. The SMILES string of the molecule is COc1cccc(CCNC(=O)CN(C)S(=O)(=O)c2c(C)noc2C)c1. The third-order valence-corrected chi connectivity index (χ3v) is 5.92. The Balaban J connectivity index is 1.91. The quantitative estimate of drug-likeness (QED) is 0.739. The van der Waals surface area contributed by atoms with Crippen LogP contribution in [0.1, 0.15) is 17.0 Å². The van der Waals surface area contributed by atoms with Gasteiger partial charge in [-0.05, 0) is 38.0 Å². The number of sulfonamides is 1. The first-order chi connectivity index (χ1) is 12.3. The largest absolute Gasteiger partial charge is 0.497 e. The van der Waals surface area contributed by atoms with Crippen LogP contribution in [0.3, 0.4) is 0 Å². The van der Waals surface area contributed by atoms with Gasteiger partial charge in [0.1, 0.15) is 16.3 Å². The van der Waals surface area contributed by atoms with Gasteiger partial charge in [0.05, 0.1) is 13.7 Å². The molecule has 0 saturated heterocycles. The maximum Gasteiger partial charge on any atom is 0.248 e. The number of rotatable bonds is 8. The molecule has 0 saturated carbocycles. The molecule has 142 valence electrons. The Morgan fingerprint density at radius 2 is 2.08 bits per heavy atom. The maximum absolute atomic E-state index is 12.6. The normalized spacial score (nSPS) is 11.6. The second kappa shape index (κ2) is 8.33. The number of methoxy groups -OCH3 is 1. The molecule has 0 spiro atoms. The van der Waals surface area contributed by atoms with E-state index in [1.165, 1.54) is 14.0 Å². The summed E-state index contributed by atoms with van der Waals surface area (Å²) < 4.78 is 36.2. The van der Waals surface area contributed by atoms with Crippen LogP contribution in [0.4, 0.5) is 0 Å². The first-order valence-electron chi connectivity index (χ1n) is 8.04. The zero-order chi connectivity index (χ0) is 19.3. The third-order valence-electron chi connectivity index (χ3n) is 3.87. The number of carbonyl (C=O) groups excluding carboxylic acids is 1. The predicted molar refractivity (Wildman–Crippen MR) is 95.5 cm³/mol. The van der Waals surface area contributed by atoms with Gasteiger partial charge in [0.15, 0.2) is 5.76 Å². The summed E-state index contributed by atoms with van der Waals surface area (Å²) in [5.74, 6) is 0.567. The van der Waals surface area contributed by atoms with E-state index in [4.69, 9.17) is 9.26 Å².